The first-order chi connectivity index (χ1) is 14.9. The van der Waals surface area contributed by atoms with Gasteiger partial charge in [0.1, 0.15) is 11.4 Å². The maximum atomic E-state index is 13.0. The Morgan fingerprint density at radius 1 is 1.09 bits per heavy atom. The van der Waals surface area contributed by atoms with E-state index in [1.165, 1.54) is 40.6 Å². The number of carbonyl (C=O) groups is 1. The molecule has 1 aliphatic rings. The topological polar surface area (TPSA) is 101 Å². The number of imidazole rings is 1. The lowest BCUT2D eigenvalue weighted by Crippen LogP contribution is -2.29. The third-order valence-electron chi connectivity index (χ3n) is 5.35. The summed E-state index contributed by atoms with van der Waals surface area (Å²) in [5, 5.41) is 0. The summed E-state index contributed by atoms with van der Waals surface area (Å²) >= 11 is 0. The molecule has 2 amide bonds. The van der Waals surface area contributed by atoms with Crippen molar-refractivity contribution in [3.05, 3.63) is 30.2 Å². The number of hydrogen-bond donors (Lipinski definition) is 0. The first kappa shape index (κ1) is 22.0. The van der Waals surface area contributed by atoms with E-state index < -0.39 is 21.7 Å². The Morgan fingerprint density at radius 2 is 1.81 bits per heavy atom. The molecular weight excluding hydrogens is 449 g/mol. The second kappa shape index (κ2) is 7.43. The summed E-state index contributed by atoms with van der Waals surface area (Å²) < 4.78 is 66.3. The van der Waals surface area contributed by atoms with Gasteiger partial charge in [0.15, 0.2) is 15.7 Å². The van der Waals surface area contributed by atoms with E-state index in [4.69, 9.17) is 0 Å². The zero-order chi connectivity index (χ0) is 23.4. The molecule has 1 aliphatic heterocycles. The van der Waals surface area contributed by atoms with Crippen molar-refractivity contribution in [2.24, 2.45) is 7.05 Å². The van der Waals surface area contributed by atoms with Gasteiger partial charge in [0.25, 0.3) is 0 Å². The summed E-state index contributed by atoms with van der Waals surface area (Å²) in [7, 11) is -0.635. The lowest BCUT2D eigenvalue weighted by molar-refractivity contribution is -0.141. The normalized spacial score (nSPS) is 15.2. The number of carbonyl (C=O) groups excluding carboxylic acids is 1. The molecule has 4 rings (SSSR count). The van der Waals surface area contributed by atoms with E-state index in [9.17, 15) is 26.4 Å². The molecule has 0 unspecified atom stereocenters. The van der Waals surface area contributed by atoms with Gasteiger partial charge in [-0.25, -0.2) is 28.2 Å². The van der Waals surface area contributed by atoms with Crippen LogP contribution in [0.25, 0.3) is 22.6 Å². The molecule has 170 valence electrons. The molecule has 1 saturated heterocycles. The lowest BCUT2D eigenvalue weighted by atomic mass is 10.3. The SMILES string of the molecule is CCS(=O)(=O)c1cc(N2CCN(C)C2=O)cnc1-c1nc2cc(C(F)(F)F)ncc2n1C. The Morgan fingerprint density at radius 3 is 2.41 bits per heavy atom. The van der Waals surface area contributed by atoms with E-state index in [1.54, 1.807) is 7.05 Å². The highest BCUT2D eigenvalue weighted by Gasteiger charge is 2.34. The molecule has 0 N–H and O–H groups in total. The van der Waals surface area contributed by atoms with Crippen LogP contribution in [0, 0.1) is 0 Å². The van der Waals surface area contributed by atoms with Gasteiger partial charge in [0, 0.05) is 27.2 Å². The van der Waals surface area contributed by atoms with Gasteiger partial charge in [-0.05, 0) is 12.1 Å². The van der Waals surface area contributed by atoms with Crippen LogP contribution in [0.2, 0.25) is 0 Å². The third-order valence-corrected chi connectivity index (χ3v) is 7.09. The second-order valence-corrected chi connectivity index (χ2v) is 9.60. The number of pyridine rings is 2. The molecule has 32 heavy (non-hydrogen) atoms. The second-order valence-electron chi connectivity index (χ2n) is 7.35. The van der Waals surface area contributed by atoms with Gasteiger partial charge < -0.3 is 9.47 Å². The third kappa shape index (κ3) is 3.55. The quantitative estimate of drug-likeness (QED) is 0.584. The van der Waals surface area contributed by atoms with Gasteiger partial charge in [-0.15, -0.1) is 0 Å². The number of rotatable bonds is 4. The largest absolute Gasteiger partial charge is 0.433 e. The summed E-state index contributed by atoms with van der Waals surface area (Å²) in [6, 6.07) is 1.88. The maximum Gasteiger partial charge on any atom is 0.433 e. The van der Waals surface area contributed by atoms with Crippen LogP contribution in [0.3, 0.4) is 0 Å². The van der Waals surface area contributed by atoms with Crippen LogP contribution in [0.1, 0.15) is 12.6 Å². The zero-order valence-corrected chi connectivity index (χ0v) is 18.2. The molecule has 0 bridgehead atoms. The maximum absolute atomic E-state index is 13.0. The van der Waals surface area contributed by atoms with Crippen molar-refractivity contribution >= 4 is 32.6 Å². The van der Waals surface area contributed by atoms with Crippen LogP contribution < -0.4 is 4.90 Å². The van der Waals surface area contributed by atoms with Crippen molar-refractivity contribution in [3.8, 4) is 11.5 Å². The summed E-state index contributed by atoms with van der Waals surface area (Å²) in [6.45, 7) is 2.32. The Balaban J connectivity index is 1.90. The number of sulfone groups is 1. The van der Waals surface area contributed by atoms with E-state index in [0.717, 1.165) is 12.3 Å². The summed E-state index contributed by atoms with van der Waals surface area (Å²) in [5.41, 5.74) is -0.504. The zero-order valence-electron chi connectivity index (χ0n) is 17.4. The van der Waals surface area contributed by atoms with Crippen molar-refractivity contribution in [2.75, 3.05) is 30.8 Å². The van der Waals surface area contributed by atoms with Crippen molar-refractivity contribution in [1.82, 2.24) is 24.4 Å². The van der Waals surface area contributed by atoms with Crippen LogP contribution in [0.5, 0.6) is 0 Å². The van der Waals surface area contributed by atoms with Crippen LogP contribution in [0.4, 0.5) is 23.7 Å². The van der Waals surface area contributed by atoms with Crippen molar-refractivity contribution < 1.29 is 26.4 Å². The van der Waals surface area contributed by atoms with Crippen LogP contribution >= 0.6 is 0 Å². The van der Waals surface area contributed by atoms with Gasteiger partial charge in [-0.2, -0.15) is 13.2 Å². The molecule has 3 aromatic rings. The summed E-state index contributed by atoms with van der Waals surface area (Å²) in [6.07, 6.45) is -2.24. The Bertz CT molecular complexity index is 1340. The molecule has 0 spiro atoms. The fourth-order valence-electron chi connectivity index (χ4n) is 3.48. The number of fused-ring (bicyclic) bond motifs is 1. The number of alkyl halides is 3. The highest BCUT2D eigenvalue weighted by Crippen LogP contribution is 2.34. The minimum atomic E-state index is -4.64. The summed E-state index contributed by atoms with van der Waals surface area (Å²) in [5.74, 6) is -0.160. The highest BCUT2D eigenvalue weighted by atomic mass is 32.2. The molecule has 9 nitrogen and oxygen atoms in total. The number of hydrogen-bond acceptors (Lipinski definition) is 6. The average molecular weight is 468 g/mol. The Hall–Kier alpha value is -3.22. The monoisotopic (exact) mass is 468 g/mol. The molecule has 0 aliphatic carbocycles. The Kier molecular flexibility index (Phi) is 5.11. The number of anilines is 1. The molecule has 0 aromatic carbocycles. The van der Waals surface area contributed by atoms with Gasteiger partial charge in [-0.3, -0.25) is 4.90 Å². The van der Waals surface area contributed by atoms with E-state index in [0.29, 0.717) is 18.8 Å². The van der Waals surface area contributed by atoms with E-state index in [2.05, 4.69) is 15.0 Å². The van der Waals surface area contributed by atoms with Gasteiger partial charge in [-0.1, -0.05) is 6.92 Å². The van der Waals surface area contributed by atoms with Crippen LogP contribution in [-0.4, -0.2) is 64.8 Å². The molecule has 0 radical (unpaired) electrons. The van der Waals surface area contributed by atoms with Crippen molar-refractivity contribution in [2.45, 2.75) is 18.0 Å². The molecule has 4 heterocycles. The number of halogens is 3. The van der Waals surface area contributed by atoms with Crippen LogP contribution in [-0.2, 0) is 23.1 Å². The fraction of sp³-hybridized carbons (Fsp3) is 0.368. The van der Waals surface area contributed by atoms with Crippen molar-refractivity contribution in [1.29, 1.82) is 0 Å². The molecule has 3 aromatic heterocycles. The number of nitrogens with zero attached hydrogens (tertiary/aromatic N) is 6. The fourth-order valence-corrected chi connectivity index (χ4v) is 4.53. The predicted molar refractivity (Wildman–Crippen MR) is 110 cm³/mol. The predicted octanol–water partition coefficient (Wildman–Crippen LogP) is 2.71. The number of likely N-dealkylation sites (N-methyl/N-ethyl adjacent to an activating group) is 1. The molecule has 13 heteroatoms. The molecular formula is C19H19F3N6O3S. The summed E-state index contributed by atoms with van der Waals surface area (Å²) in [4.78, 5) is 27.0. The van der Waals surface area contributed by atoms with Gasteiger partial charge in [0.2, 0.25) is 0 Å². The molecule has 0 atom stereocenters. The highest BCUT2D eigenvalue weighted by molar-refractivity contribution is 7.91. The first-order valence-corrected chi connectivity index (χ1v) is 11.2. The van der Waals surface area contributed by atoms with Gasteiger partial charge >= 0.3 is 12.2 Å². The van der Waals surface area contributed by atoms with Crippen LogP contribution in [0.15, 0.2) is 29.4 Å². The van der Waals surface area contributed by atoms with E-state index in [-0.39, 0.29) is 39.2 Å². The lowest BCUT2D eigenvalue weighted by Gasteiger charge is -2.18. The molecule has 0 saturated carbocycles. The average Bonchev–Trinajstić information content (AvgIpc) is 3.26. The first-order valence-electron chi connectivity index (χ1n) is 9.59. The number of aromatic nitrogens is 4. The molecule has 1 fully saturated rings. The minimum Gasteiger partial charge on any atom is -0.326 e. The number of aryl methyl sites for hydroxylation is 1. The van der Waals surface area contributed by atoms with Crippen molar-refractivity contribution in [3.63, 3.8) is 0 Å². The number of urea groups is 1. The smallest absolute Gasteiger partial charge is 0.326 e. The Labute approximate surface area is 181 Å². The number of amides is 2. The standard InChI is InChI=1S/C19H19F3N6O3S/c1-4-32(30,31)14-7-11(28-6-5-26(2)18(28)29)9-24-16(14)17-25-12-8-15(19(20,21)22)23-10-13(12)27(17)3/h7-10H,4-6H2,1-3H3. The van der Waals surface area contributed by atoms with Gasteiger partial charge in [0.05, 0.1) is 39.8 Å². The minimum absolute atomic E-state index is 0.00638. The van der Waals surface area contributed by atoms with E-state index in [1.807, 2.05) is 0 Å². The van der Waals surface area contributed by atoms with E-state index >= 15 is 0 Å².